The summed E-state index contributed by atoms with van der Waals surface area (Å²) in [6.45, 7) is 6.22. The molecule has 1 amide bonds. The van der Waals surface area contributed by atoms with E-state index in [1.54, 1.807) is 19.1 Å². The second-order valence-corrected chi connectivity index (χ2v) is 6.46. The van der Waals surface area contributed by atoms with Crippen molar-refractivity contribution in [1.29, 1.82) is 0 Å². The highest BCUT2D eigenvalue weighted by atomic mass is 16.5. The maximum atomic E-state index is 12.4. The fourth-order valence-electron chi connectivity index (χ4n) is 2.98. The molecule has 1 atom stereocenters. The largest absolute Gasteiger partial charge is 0.494 e. The summed E-state index contributed by atoms with van der Waals surface area (Å²) in [5.74, 6) is 2.45. The molecule has 0 aliphatic carbocycles. The molecule has 0 bridgehead atoms. The molecule has 1 aromatic carbocycles. The molecule has 7 heteroatoms. The number of aromatic nitrogens is 2. The van der Waals surface area contributed by atoms with Crippen LogP contribution in [0.1, 0.15) is 33.1 Å². The lowest BCUT2D eigenvalue weighted by molar-refractivity contribution is -0.122. The maximum absolute atomic E-state index is 12.4. The summed E-state index contributed by atoms with van der Waals surface area (Å²) in [7, 11) is 0. The Labute approximate surface area is 159 Å². The first kappa shape index (κ1) is 18.9. The summed E-state index contributed by atoms with van der Waals surface area (Å²) < 4.78 is 11.1. The highest BCUT2D eigenvalue weighted by Crippen LogP contribution is 2.21. The lowest BCUT2D eigenvalue weighted by Gasteiger charge is -2.27. The average molecular weight is 370 g/mol. The van der Waals surface area contributed by atoms with Crippen LogP contribution in [-0.2, 0) is 4.79 Å². The van der Waals surface area contributed by atoms with Crippen LogP contribution < -0.4 is 19.7 Å². The van der Waals surface area contributed by atoms with E-state index in [-0.39, 0.29) is 5.91 Å². The van der Waals surface area contributed by atoms with E-state index < -0.39 is 6.10 Å². The van der Waals surface area contributed by atoms with Gasteiger partial charge in [-0.1, -0.05) is 0 Å². The Balaban J connectivity index is 1.57. The minimum absolute atomic E-state index is 0.257. The molecule has 2 heterocycles. The number of piperidine rings is 1. The third kappa shape index (κ3) is 5.32. The Morgan fingerprint density at radius 2 is 1.85 bits per heavy atom. The van der Waals surface area contributed by atoms with Crippen molar-refractivity contribution in [2.75, 3.05) is 29.9 Å². The first-order valence-electron chi connectivity index (χ1n) is 9.43. The van der Waals surface area contributed by atoms with Gasteiger partial charge in [0.25, 0.3) is 5.91 Å². The number of amides is 1. The van der Waals surface area contributed by atoms with Gasteiger partial charge in [-0.2, -0.15) is 0 Å². The normalized spacial score (nSPS) is 15.1. The van der Waals surface area contributed by atoms with E-state index in [4.69, 9.17) is 9.47 Å². The zero-order valence-electron chi connectivity index (χ0n) is 15.9. The number of benzene rings is 1. The van der Waals surface area contributed by atoms with Gasteiger partial charge < -0.3 is 19.7 Å². The zero-order valence-corrected chi connectivity index (χ0v) is 15.9. The van der Waals surface area contributed by atoms with Gasteiger partial charge in [-0.05, 0) is 57.4 Å². The van der Waals surface area contributed by atoms with Crippen LogP contribution >= 0.6 is 0 Å². The number of hydrogen-bond acceptors (Lipinski definition) is 6. The molecule has 0 radical (unpaired) electrons. The van der Waals surface area contributed by atoms with Gasteiger partial charge in [0.2, 0.25) is 0 Å². The van der Waals surface area contributed by atoms with Crippen LogP contribution in [0.2, 0.25) is 0 Å². The molecule has 7 nitrogen and oxygen atoms in total. The minimum atomic E-state index is -0.656. The number of rotatable bonds is 7. The van der Waals surface area contributed by atoms with Crippen molar-refractivity contribution in [2.24, 2.45) is 0 Å². The number of carbonyl (C=O) groups is 1. The van der Waals surface area contributed by atoms with E-state index in [0.29, 0.717) is 18.2 Å². The molecular formula is C20H26N4O3. The third-order valence-corrected chi connectivity index (χ3v) is 4.40. The van der Waals surface area contributed by atoms with Gasteiger partial charge in [0.15, 0.2) is 6.10 Å². The summed E-state index contributed by atoms with van der Waals surface area (Å²) in [6, 6.07) is 9.02. The Bertz CT molecular complexity index is 745. The molecular weight excluding hydrogens is 344 g/mol. The van der Waals surface area contributed by atoms with E-state index in [2.05, 4.69) is 20.2 Å². The predicted octanol–water partition coefficient (Wildman–Crippen LogP) is 3.27. The molecule has 2 aromatic rings. The lowest BCUT2D eigenvalue weighted by Crippen LogP contribution is -2.32. The summed E-state index contributed by atoms with van der Waals surface area (Å²) >= 11 is 0. The van der Waals surface area contributed by atoms with Gasteiger partial charge in [-0.15, -0.1) is 0 Å². The molecule has 1 saturated heterocycles. The fraction of sp³-hybridized carbons (Fsp3) is 0.450. The number of nitrogens with zero attached hydrogens (tertiary/aromatic N) is 3. The first-order valence-corrected chi connectivity index (χ1v) is 9.43. The number of carbonyl (C=O) groups excluding carboxylic acids is 1. The van der Waals surface area contributed by atoms with Crippen molar-refractivity contribution in [3.05, 3.63) is 36.7 Å². The monoisotopic (exact) mass is 370 g/mol. The summed E-state index contributed by atoms with van der Waals surface area (Å²) in [4.78, 5) is 23.1. The highest BCUT2D eigenvalue weighted by Gasteiger charge is 2.17. The molecule has 0 spiro atoms. The Kier molecular flexibility index (Phi) is 6.46. The fourth-order valence-corrected chi connectivity index (χ4v) is 2.98. The number of nitrogens with one attached hydrogen (secondary N) is 1. The van der Waals surface area contributed by atoms with Crippen molar-refractivity contribution in [3.8, 4) is 11.5 Å². The number of anilines is 2. The summed E-state index contributed by atoms with van der Waals surface area (Å²) in [5, 5.41) is 2.81. The number of ether oxygens (including phenoxy) is 2. The van der Waals surface area contributed by atoms with Gasteiger partial charge in [0.1, 0.15) is 29.5 Å². The van der Waals surface area contributed by atoms with Gasteiger partial charge in [0, 0.05) is 19.2 Å². The molecule has 1 aliphatic rings. The van der Waals surface area contributed by atoms with Gasteiger partial charge >= 0.3 is 0 Å². The third-order valence-electron chi connectivity index (χ3n) is 4.40. The molecule has 1 unspecified atom stereocenters. The maximum Gasteiger partial charge on any atom is 0.266 e. The smallest absolute Gasteiger partial charge is 0.266 e. The van der Waals surface area contributed by atoms with Crippen molar-refractivity contribution in [2.45, 2.75) is 39.2 Å². The average Bonchev–Trinajstić information content (AvgIpc) is 2.70. The van der Waals surface area contributed by atoms with Crippen molar-refractivity contribution >= 4 is 17.5 Å². The van der Waals surface area contributed by atoms with Crippen LogP contribution in [0.5, 0.6) is 11.5 Å². The first-order chi connectivity index (χ1) is 13.2. The molecule has 1 aliphatic heterocycles. The Hall–Kier alpha value is -2.83. The summed E-state index contributed by atoms with van der Waals surface area (Å²) in [5.41, 5.74) is 0. The molecule has 27 heavy (non-hydrogen) atoms. The molecule has 0 saturated carbocycles. The SMILES string of the molecule is CCOc1ccc(OC(C)C(=O)Nc2cc(N3CCCCC3)ncn2)cc1. The highest BCUT2D eigenvalue weighted by molar-refractivity contribution is 5.93. The van der Waals surface area contributed by atoms with E-state index in [1.807, 2.05) is 25.1 Å². The molecule has 1 N–H and O–H groups in total. The predicted molar refractivity (Wildman–Crippen MR) is 104 cm³/mol. The van der Waals surface area contributed by atoms with E-state index in [9.17, 15) is 4.79 Å². The number of hydrogen-bond donors (Lipinski definition) is 1. The van der Waals surface area contributed by atoms with Crippen LogP contribution in [0.25, 0.3) is 0 Å². The van der Waals surface area contributed by atoms with Gasteiger partial charge in [-0.3, -0.25) is 4.79 Å². The van der Waals surface area contributed by atoms with Crippen LogP contribution in [0.4, 0.5) is 11.6 Å². The zero-order chi connectivity index (χ0) is 19.1. The molecule has 3 rings (SSSR count). The van der Waals surface area contributed by atoms with E-state index in [0.717, 1.165) is 24.7 Å². The molecule has 1 fully saturated rings. The van der Waals surface area contributed by atoms with Crippen molar-refractivity contribution in [1.82, 2.24) is 9.97 Å². The van der Waals surface area contributed by atoms with Crippen molar-refractivity contribution < 1.29 is 14.3 Å². The topological polar surface area (TPSA) is 76.6 Å². The molecule has 144 valence electrons. The summed E-state index contributed by atoms with van der Waals surface area (Å²) in [6.07, 6.45) is 4.41. The van der Waals surface area contributed by atoms with Crippen LogP contribution in [0.15, 0.2) is 36.7 Å². The second kappa shape index (κ2) is 9.21. The Morgan fingerprint density at radius 3 is 2.56 bits per heavy atom. The van der Waals surface area contributed by atoms with Gasteiger partial charge in [-0.25, -0.2) is 9.97 Å². The van der Waals surface area contributed by atoms with Gasteiger partial charge in [0.05, 0.1) is 6.61 Å². The van der Waals surface area contributed by atoms with Crippen LogP contribution in [0.3, 0.4) is 0 Å². The minimum Gasteiger partial charge on any atom is -0.494 e. The second-order valence-electron chi connectivity index (χ2n) is 6.46. The van der Waals surface area contributed by atoms with E-state index in [1.165, 1.54) is 25.6 Å². The van der Waals surface area contributed by atoms with Crippen molar-refractivity contribution in [3.63, 3.8) is 0 Å². The van der Waals surface area contributed by atoms with Crippen LogP contribution in [0, 0.1) is 0 Å². The Morgan fingerprint density at radius 1 is 1.15 bits per heavy atom. The quantitative estimate of drug-likeness (QED) is 0.806. The van der Waals surface area contributed by atoms with Crippen LogP contribution in [-0.4, -0.2) is 41.7 Å². The van der Waals surface area contributed by atoms with E-state index >= 15 is 0 Å². The molecule has 1 aromatic heterocycles. The lowest BCUT2D eigenvalue weighted by atomic mass is 10.1. The standard InChI is InChI=1S/C20H26N4O3/c1-3-26-16-7-9-17(10-8-16)27-15(2)20(25)23-18-13-19(22-14-21-18)24-11-5-4-6-12-24/h7-10,13-15H,3-6,11-12H2,1-2H3,(H,21,22,23,25).